The van der Waals surface area contributed by atoms with Gasteiger partial charge in [-0.2, -0.15) is 0 Å². The van der Waals surface area contributed by atoms with Gasteiger partial charge in [0.15, 0.2) is 0 Å². The Morgan fingerprint density at radius 2 is 2.14 bits per heavy atom. The second-order valence-electron chi connectivity index (χ2n) is 5.55. The van der Waals surface area contributed by atoms with E-state index in [1.54, 1.807) is 19.1 Å². The van der Waals surface area contributed by atoms with Crippen molar-refractivity contribution in [3.8, 4) is 11.8 Å². The van der Waals surface area contributed by atoms with Crippen molar-refractivity contribution in [2.75, 3.05) is 20.8 Å². The Kier molecular flexibility index (Phi) is 6.41. The van der Waals surface area contributed by atoms with Crippen molar-refractivity contribution in [3.05, 3.63) is 35.4 Å². The summed E-state index contributed by atoms with van der Waals surface area (Å²) in [6, 6.07) is 7.65. The molecule has 0 saturated heterocycles. The van der Waals surface area contributed by atoms with Gasteiger partial charge in [0, 0.05) is 26.3 Å². The van der Waals surface area contributed by atoms with Gasteiger partial charge in [-0.05, 0) is 31.5 Å². The van der Waals surface area contributed by atoms with E-state index >= 15 is 0 Å². The van der Waals surface area contributed by atoms with Crippen molar-refractivity contribution >= 4 is 5.91 Å². The summed E-state index contributed by atoms with van der Waals surface area (Å²) in [5, 5.41) is 8.71. The Hall–Kier alpha value is -1.83. The summed E-state index contributed by atoms with van der Waals surface area (Å²) in [5.41, 5.74) is 1.38. The molecule has 0 fully saturated rings. The first-order chi connectivity index (χ1) is 9.88. The maximum absolute atomic E-state index is 12.2. The quantitative estimate of drug-likeness (QED) is 0.841. The predicted octanol–water partition coefficient (Wildman–Crippen LogP) is 1.80. The van der Waals surface area contributed by atoms with Crippen LogP contribution in [0.3, 0.4) is 0 Å². The van der Waals surface area contributed by atoms with Gasteiger partial charge in [-0.25, -0.2) is 0 Å². The van der Waals surface area contributed by atoms with Crippen molar-refractivity contribution in [3.63, 3.8) is 0 Å². The topological polar surface area (TPSA) is 49.8 Å². The molecule has 0 aliphatic rings. The second-order valence-corrected chi connectivity index (χ2v) is 5.55. The molecule has 1 aromatic rings. The molecule has 0 saturated carbocycles. The third-order valence-corrected chi connectivity index (χ3v) is 3.21. The van der Waals surface area contributed by atoms with Gasteiger partial charge in [-0.15, -0.1) is 0 Å². The lowest BCUT2D eigenvalue weighted by molar-refractivity contribution is -0.135. The van der Waals surface area contributed by atoms with Crippen LogP contribution in [-0.4, -0.2) is 42.3 Å². The third kappa shape index (κ3) is 5.99. The van der Waals surface area contributed by atoms with Crippen molar-refractivity contribution in [1.29, 1.82) is 0 Å². The summed E-state index contributed by atoms with van der Waals surface area (Å²) in [6.45, 7) is 4.15. The van der Waals surface area contributed by atoms with Crippen LogP contribution in [0.25, 0.3) is 0 Å². The summed E-state index contributed by atoms with van der Waals surface area (Å²) in [7, 11) is 3.39. The standard InChI is InChI=1S/C17H23NO3/c1-17(2,21-4)12-16(20)18(3)13-15-8-5-7-14(11-15)9-6-10-19/h5,7-8,11,19H,10,12-13H2,1-4H3. The van der Waals surface area contributed by atoms with E-state index < -0.39 is 5.60 Å². The number of amides is 1. The Bertz CT molecular complexity index is 540. The van der Waals surface area contributed by atoms with Gasteiger partial charge >= 0.3 is 0 Å². The highest BCUT2D eigenvalue weighted by Crippen LogP contribution is 2.15. The Balaban J connectivity index is 2.70. The number of ether oxygens (including phenoxy) is 1. The molecule has 114 valence electrons. The van der Waals surface area contributed by atoms with Gasteiger partial charge in [-0.1, -0.05) is 24.0 Å². The van der Waals surface area contributed by atoms with Crippen molar-refractivity contribution in [1.82, 2.24) is 4.90 Å². The van der Waals surface area contributed by atoms with Crippen LogP contribution in [-0.2, 0) is 16.1 Å². The number of carbonyl (C=O) groups is 1. The van der Waals surface area contributed by atoms with E-state index in [1.807, 2.05) is 38.1 Å². The van der Waals surface area contributed by atoms with E-state index in [4.69, 9.17) is 9.84 Å². The fourth-order valence-corrected chi connectivity index (χ4v) is 1.82. The Morgan fingerprint density at radius 3 is 2.76 bits per heavy atom. The number of nitrogens with zero attached hydrogens (tertiary/aromatic N) is 1. The number of hydrogen-bond acceptors (Lipinski definition) is 3. The highest BCUT2D eigenvalue weighted by molar-refractivity contribution is 5.76. The van der Waals surface area contributed by atoms with E-state index in [0.717, 1.165) is 11.1 Å². The van der Waals surface area contributed by atoms with Crippen molar-refractivity contribution in [2.45, 2.75) is 32.4 Å². The number of carbonyl (C=O) groups excluding carboxylic acids is 1. The number of aliphatic hydroxyl groups excluding tert-OH is 1. The van der Waals surface area contributed by atoms with Crippen LogP contribution in [0.5, 0.6) is 0 Å². The molecule has 0 spiro atoms. The van der Waals surface area contributed by atoms with Crippen LogP contribution < -0.4 is 0 Å². The van der Waals surface area contributed by atoms with E-state index in [-0.39, 0.29) is 12.5 Å². The minimum absolute atomic E-state index is 0.0358. The summed E-state index contributed by atoms with van der Waals surface area (Å²) >= 11 is 0. The first-order valence-corrected chi connectivity index (χ1v) is 6.86. The third-order valence-electron chi connectivity index (χ3n) is 3.21. The Labute approximate surface area is 126 Å². The molecule has 0 radical (unpaired) electrons. The zero-order chi connectivity index (χ0) is 15.9. The van der Waals surface area contributed by atoms with Crippen molar-refractivity contribution in [2.24, 2.45) is 0 Å². The number of hydrogen-bond donors (Lipinski definition) is 1. The van der Waals surface area contributed by atoms with E-state index in [1.165, 1.54) is 0 Å². The lowest BCUT2D eigenvalue weighted by atomic mass is 10.0. The first-order valence-electron chi connectivity index (χ1n) is 6.86. The molecular formula is C17H23NO3. The molecule has 0 aliphatic carbocycles. The van der Waals surface area contributed by atoms with Crippen LogP contribution in [0.15, 0.2) is 24.3 Å². The Morgan fingerprint density at radius 1 is 1.43 bits per heavy atom. The first kappa shape index (κ1) is 17.2. The zero-order valence-electron chi connectivity index (χ0n) is 13.1. The number of rotatable bonds is 5. The molecule has 0 bridgehead atoms. The SMILES string of the molecule is COC(C)(C)CC(=O)N(C)Cc1cccc(C#CCO)c1. The molecule has 21 heavy (non-hydrogen) atoms. The zero-order valence-corrected chi connectivity index (χ0v) is 13.1. The molecule has 0 atom stereocenters. The van der Waals surface area contributed by atoms with E-state index in [0.29, 0.717) is 13.0 Å². The maximum Gasteiger partial charge on any atom is 0.225 e. The normalized spacial score (nSPS) is 10.7. The second kappa shape index (κ2) is 7.82. The number of benzene rings is 1. The van der Waals surface area contributed by atoms with Gasteiger partial charge in [0.1, 0.15) is 6.61 Å². The maximum atomic E-state index is 12.2. The van der Waals surface area contributed by atoms with Gasteiger partial charge in [-0.3, -0.25) is 4.79 Å². The molecule has 0 unspecified atom stereocenters. The van der Waals surface area contributed by atoms with Crippen LogP contribution in [0.2, 0.25) is 0 Å². The molecule has 1 aromatic carbocycles. The van der Waals surface area contributed by atoms with Gasteiger partial charge in [0.05, 0.1) is 12.0 Å². The highest BCUT2D eigenvalue weighted by atomic mass is 16.5. The smallest absolute Gasteiger partial charge is 0.225 e. The molecule has 4 nitrogen and oxygen atoms in total. The van der Waals surface area contributed by atoms with Crippen LogP contribution in [0.4, 0.5) is 0 Å². The predicted molar refractivity (Wildman–Crippen MR) is 82.6 cm³/mol. The van der Waals surface area contributed by atoms with E-state index in [9.17, 15) is 4.79 Å². The largest absolute Gasteiger partial charge is 0.384 e. The van der Waals surface area contributed by atoms with Gasteiger partial charge in [0.2, 0.25) is 5.91 Å². The lowest BCUT2D eigenvalue weighted by Crippen LogP contribution is -2.34. The molecule has 0 heterocycles. The molecule has 4 heteroatoms. The fourth-order valence-electron chi connectivity index (χ4n) is 1.82. The van der Waals surface area contributed by atoms with Crippen molar-refractivity contribution < 1.29 is 14.6 Å². The summed E-state index contributed by atoms with van der Waals surface area (Å²) in [5.74, 6) is 5.51. The molecule has 1 amide bonds. The molecule has 1 rings (SSSR count). The monoisotopic (exact) mass is 289 g/mol. The van der Waals surface area contributed by atoms with E-state index in [2.05, 4.69) is 11.8 Å². The van der Waals surface area contributed by atoms with Gasteiger partial charge < -0.3 is 14.7 Å². The number of methoxy groups -OCH3 is 1. The lowest BCUT2D eigenvalue weighted by Gasteiger charge is -2.25. The van der Waals surface area contributed by atoms with Crippen LogP contribution >= 0.6 is 0 Å². The summed E-state index contributed by atoms with van der Waals surface area (Å²) < 4.78 is 5.28. The fraction of sp³-hybridized carbons (Fsp3) is 0.471. The number of aliphatic hydroxyl groups is 1. The molecule has 1 N–H and O–H groups in total. The summed E-state index contributed by atoms with van der Waals surface area (Å²) in [6.07, 6.45) is 0.337. The molecule has 0 aromatic heterocycles. The highest BCUT2D eigenvalue weighted by Gasteiger charge is 2.23. The molecule has 0 aliphatic heterocycles. The minimum atomic E-state index is -0.459. The van der Waals surface area contributed by atoms with Crippen LogP contribution in [0, 0.1) is 11.8 Å². The average Bonchev–Trinajstić information content (AvgIpc) is 2.45. The van der Waals surface area contributed by atoms with Gasteiger partial charge in [0.25, 0.3) is 0 Å². The molecular weight excluding hydrogens is 266 g/mol. The minimum Gasteiger partial charge on any atom is -0.384 e. The van der Waals surface area contributed by atoms with Crippen LogP contribution in [0.1, 0.15) is 31.4 Å². The average molecular weight is 289 g/mol. The summed E-state index contributed by atoms with van der Waals surface area (Å²) in [4.78, 5) is 13.8.